The van der Waals surface area contributed by atoms with Crippen LogP contribution in [0.2, 0.25) is 0 Å². The first-order valence-corrected chi connectivity index (χ1v) is 4.08. The number of methoxy groups -OCH3 is 1. The van der Waals surface area contributed by atoms with Crippen molar-refractivity contribution in [2.24, 2.45) is 0 Å². The summed E-state index contributed by atoms with van der Waals surface area (Å²) in [5.74, 6) is -0.973. The largest absolute Gasteiger partial charge is 0.479 e. The molecule has 0 bridgehead atoms. The van der Waals surface area contributed by atoms with Gasteiger partial charge in [-0.2, -0.15) is 5.10 Å². The molecule has 0 radical (unpaired) electrons. The summed E-state index contributed by atoms with van der Waals surface area (Å²) in [6.45, 7) is 3.53. The molecule has 0 saturated heterocycles. The van der Waals surface area contributed by atoms with E-state index in [2.05, 4.69) is 11.7 Å². The minimum Gasteiger partial charge on any atom is -0.479 e. The highest BCUT2D eigenvalue weighted by molar-refractivity contribution is 5.72. The zero-order valence-electron chi connectivity index (χ0n) is 7.88. The summed E-state index contributed by atoms with van der Waals surface area (Å²) in [5.41, 5.74) is 0.805. The summed E-state index contributed by atoms with van der Waals surface area (Å²) >= 11 is 0. The molecule has 0 amide bonds. The van der Waals surface area contributed by atoms with Gasteiger partial charge in [0.15, 0.2) is 6.10 Å². The molecule has 5 nitrogen and oxygen atoms in total. The normalized spacial score (nSPS) is 12.4. The highest BCUT2D eigenvalue weighted by atomic mass is 16.5. The van der Waals surface area contributed by atoms with Gasteiger partial charge in [0, 0.05) is 25.9 Å². The van der Waals surface area contributed by atoms with Gasteiger partial charge >= 0.3 is 5.97 Å². The van der Waals surface area contributed by atoms with Crippen LogP contribution in [0.5, 0.6) is 0 Å². The lowest BCUT2D eigenvalue weighted by molar-refractivity contribution is -0.148. The Morgan fingerprint density at radius 1 is 1.93 bits per heavy atom. The van der Waals surface area contributed by atoms with Gasteiger partial charge in [0.25, 0.3) is 0 Å². The van der Waals surface area contributed by atoms with E-state index in [0.717, 1.165) is 5.56 Å². The minimum atomic E-state index is -0.973. The van der Waals surface area contributed by atoms with Crippen LogP contribution in [0.15, 0.2) is 19.0 Å². The molecule has 0 aliphatic carbocycles. The summed E-state index contributed by atoms with van der Waals surface area (Å²) in [6, 6.07) is 0. The number of nitrogens with zero attached hydrogens (tertiary/aromatic N) is 2. The van der Waals surface area contributed by atoms with Crippen LogP contribution in [0.3, 0.4) is 0 Å². The average molecular weight is 196 g/mol. The van der Waals surface area contributed by atoms with E-state index in [4.69, 9.17) is 9.84 Å². The maximum atomic E-state index is 10.6. The zero-order valence-corrected chi connectivity index (χ0v) is 7.88. The van der Waals surface area contributed by atoms with Crippen molar-refractivity contribution in [3.05, 3.63) is 24.5 Å². The van der Waals surface area contributed by atoms with Gasteiger partial charge in [-0.3, -0.25) is 0 Å². The first kappa shape index (κ1) is 10.5. The molecule has 0 aliphatic heterocycles. The Kier molecular flexibility index (Phi) is 3.41. The fraction of sp³-hybridized carbons (Fsp3) is 0.333. The quantitative estimate of drug-likeness (QED) is 0.750. The van der Waals surface area contributed by atoms with Crippen LogP contribution >= 0.6 is 0 Å². The summed E-state index contributed by atoms with van der Waals surface area (Å²) in [6.07, 6.45) is 4.32. The topological polar surface area (TPSA) is 64.3 Å². The molecule has 0 spiro atoms. The second-order valence-electron chi connectivity index (χ2n) is 2.78. The van der Waals surface area contributed by atoms with Crippen molar-refractivity contribution < 1.29 is 14.6 Å². The van der Waals surface area contributed by atoms with Crippen LogP contribution in [0, 0.1) is 0 Å². The van der Waals surface area contributed by atoms with E-state index >= 15 is 0 Å². The van der Waals surface area contributed by atoms with Crippen molar-refractivity contribution in [2.45, 2.75) is 12.5 Å². The molecule has 1 rings (SSSR count). The molecule has 1 unspecified atom stereocenters. The number of aliphatic carboxylic acids is 1. The fourth-order valence-electron chi connectivity index (χ4n) is 1.07. The summed E-state index contributed by atoms with van der Waals surface area (Å²) in [4.78, 5) is 10.6. The van der Waals surface area contributed by atoms with Gasteiger partial charge in [0.05, 0.1) is 6.20 Å². The number of ether oxygens (including phenoxy) is 1. The molecule has 0 fully saturated rings. The molecule has 1 aromatic heterocycles. The van der Waals surface area contributed by atoms with E-state index in [1.54, 1.807) is 12.4 Å². The Morgan fingerprint density at radius 2 is 2.64 bits per heavy atom. The Hall–Kier alpha value is -1.62. The molecule has 5 heteroatoms. The molecule has 0 saturated carbocycles. The fourth-order valence-corrected chi connectivity index (χ4v) is 1.07. The summed E-state index contributed by atoms with van der Waals surface area (Å²) < 4.78 is 6.31. The van der Waals surface area contributed by atoms with Crippen LogP contribution in [-0.4, -0.2) is 34.1 Å². The van der Waals surface area contributed by atoms with E-state index in [1.807, 2.05) is 0 Å². The number of carbonyl (C=O) groups is 1. The lowest BCUT2D eigenvalue weighted by Crippen LogP contribution is -2.24. The Morgan fingerprint density at radius 3 is 3.07 bits per heavy atom. The predicted octanol–water partition coefficient (Wildman–Crippen LogP) is 0.626. The van der Waals surface area contributed by atoms with Gasteiger partial charge < -0.3 is 9.84 Å². The van der Waals surface area contributed by atoms with Crippen LogP contribution in [0.25, 0.3) is 6.20 Å². The second-order valence-corrected chi connectivity index (χ2v) is 2.78. The zero-order chi connectivity index (χ0) is 10.6. The van der Waals surface area contributed by atoms with Gasteiger partial charge in [0.2, 0.25) is 0 Å². The van der Waals surface area contributed by atoms with Crippen LogP contribution in [-0.2, 0) is 16.0 Å². The number of aromatic nitrogens is 2. The lowest BCUT2D eigenvalue weighted by Gasteiger charge is -2.07. The maximum absolute atomic E-state index is 10.6. The third-order valence-corrected chi connectivity index (χ3v) is 1.82. The van der Waals surface area contributed by atoms with Crippen molar-refractivity contribution in [1.29, 1.82) is 0 Å². The van der Waals surface area contributed by atoms with Gasteiger partial charge in [-0.1, -0.05) is 6.58 Å². The van der Waals surface area contributed by atoms with E-state index < -0.39 is 12.1 Å². The van der Waals surface area contributed by atoms with Gasteiger partial charge in [-0.15, -0.1) is 0 Å². The Labute approximate surface area is 81.6 Å². The number of hydrogen-bond acceptors (Lipinski definition) is 3. The molecule has 1 N–H and O–H groups in total. The number of carboxylic acids is 1. The third kappa shape index (κ3) is 2.43. The molecule has 76 valence electrons. The number of rotatable bonds is 5. The number of hydrogen-bond donors (Lipinski definition) is 1. The van der Waals surface area contributed by atoms with Gasteiger partial charge in [0.1, 0.15) is 0 Å². The van der Waals surface area contributed by atoms with Crippen molar-refractivity contribution >= 4 is 12.2 Å². The molecule has 1 atom stereocenters. The van der Waals surface area contributed by atoms with E-state index in [1.165, 1.54) is 18.0 Å². The van der Waals surface area contributed by atoms with E-state index in [-0.39, 0.29) is 0 Å². The van der Waals surface area contributed by atoms with Crippen LogP contribution < -0.4 is 0 Å². The van der Waals surface area contributed by atoms with Crippen molar-refractivity contribution in [1.82, 2.24) is 9.78 Å². The Bertz CT molecular complexity index is 333. The summed E-state index contributed by atoms with van der Waals surface area (Å²) in [7, 11) is 1.37. The monoisotopic (exact) mass is 196 g/mol. The molecular formula is C9H12N2O3. The molecule has 0 aliphatic rings. The number of carboxylic acid groups (broad SMARTS) is 1. The average Bonchev–Trinajstić information content (AvgIpc) is 2.61. The van der Waals surface area contributed by atoms with Crippen molar-refractivity contribution in [3.63, 3.8) is 0 Å². The molecule has 0 aromatic carbocycles. The van der Waals surface area contributed by atoms with Crippen molar-refractivity contribution in [3.8, 4) is 0 Å². The van der Waals surface area contributed by atoms with Gasteiger partial charge in [-0.25, -0.2) is 9.48 Å². The van der Waals surface area contributed by atoms with Crippen LogP contribution in [0.4, 0.5) is 0 Å². The van der Waals surface area contributed by atoms with Gasteiger partial charge in [-0.05, 0) is 5.56 Å². The summed E-state index contributed by atoms with van der Waals surface area (Å²) in [5, 5.41) is 12.7. The molecular weight excluding hydrogens is 184 g/mol. The minimum absolute atomic E-state index is 0.305. The van der Waals surface area contributed by atoms with E-state index in [0.29, 0.717) is 6.42 Å². The van der Waals surface area contributed by atoms with Crippen LogP contribution in [0.1, 0.15) is 5.56 Å². The van der Waals surface area contributed by atoms with E-state index in [9.17, 15) is 4.79 Å². The first-order chi connectivity index (χ1) is 6.67. The molecule has 1 heterocycles. The maximum Gasteiger partial charge on any atom is 0.333 e. The lowest BCUT2D eigenvalue weighted by atomic mass is 10.1. The third-order valence-electron chi connectivity index (χ3n) is 1.82. The Balaban J connectivity index is 2.66. The van der Waals surface area contributed by atoms with Crippen molar-refractivity contribution in [2.75, 3.05) is 7.11 Å². The molecule has 14 heavy (non-hydrogen) atoms. The smallest absolute Gasteiger partial charge is 0.333 e. The highest BCUT2D eigenvalue weighted by Crippen LogP contribution is 2.05. The second kappa shape index (κ2) is 4.57. The molecule has 1 aromatic rings. The highest BCUT2D eigenvalue weighted by Gasteiger charge is 2.17. The standard InChI is InChI=1S/C9H12N2O3/c1-3-11-6-7(5-10-11)4-8(14-2)9(12)13/h3,5-6,8H,1,4H2,2H3,(H,12,13). The predicted molar refractivity (Wildman–Crippen MR) is 50.8 cm³/mol. The first-order valence-electron chi connectivity index (χ1n) is 4.08. The SMILES string of the molecule is C=Cn1cc(CC(OC)C(=O)O)cn1.